The lowest BCUT2D eigenvalue weighted by Crippen LogP contribution is -2.26. The summed E-state index contributed by atoms with van der Waals surface area (Å²) in [4.78, 5) is 0. The Morgan fingerprint density at radius 3 is 2.45 bits per heavy atom. The average Bonchev–Trinajstić information content (AvgIpc) is 2.42. The third-order valence-electron chi connectivity index (χ3n) is 4.78. The van der Waals surface area contributed by atoms with Crippen molar-refractivity contribution in [3.05, 3.63) is 35.4 Å². The van der Waals surface area contributed by atoms with Gasteiger partial charge in [-0.05, 0) is 43.4 Å². The molecule has 0 aliphatic heterocycles. The summed E-state index contributed by atoms with van der Waals surface area (Å²) in [5, 5.41) is 3.61. The maximum absolute atomic E-state index is 3.61. The fourth-order valence-electron chi connectivity index (χ4n) is 3.73. The van der Waals surface area contributed by atoms with E-state index in [1.165, 1.54) is 68.9 Å². The number of hydrogen-bond acceptors (Lipinski definition) is 1. The summed E-state index contributed by atoms with van der Waals surface area (Å²) >= 11 is 0. The average molecular weight is 273 g/mol. The van der Waals surface area contributed by atoms with Gasteiger partial charge in [-0.1, -0.05) is 69.7 Å². The smallest absolute Gasteiger partial charge is 0.0346 e. The molecule has 1 aliphatic rings. The highest BCUT2D eigenvalue weighted by Gasteiger charge is 2.22. The monoisotopic (exact) mass is 273 g/mol. The standard InChI is InChI=1S/C19H31N/c1-3-10-16-11-9-14-18(15-16)19(20-2)17-12-7-5-4-6-8-13-17/h9,11,14-15,17,19-20H,3-8,10,12-13H2,1-2H3. The summed E-state index contributed by atoms with van der Waals surface area (Å²) in [6.45, 7) is 2.26. The van der Waals surface area contributed by atoms with Gasteiger partial charge in [-0.3, -0.25) is 0 Å². The highest BCUT2D eigenvalue weighted by Crippen LogP contribution is 2.33. The molecule has 0 heterocycles. The van der Waals surface area contributed by atoms with E-state index in [4.69, 9.17) is 0 Å². The van der Waals surface area contributed by atoms with Crippen molar-refractivity contribution in [2.75, 3.05) is 7.05 Å². The Hall–Kier alpha value is -0.820. The molecule has 1 saturated carbocycles. The molecule has 1 unspecified atom stereocenters. The molecule has 20 heavy (non-hydrogen) atoms. The number of hydrogen-bond donors (Lipinski definition) is 1. The molecular formula is C19H31N. The Balaban J connectivity index is 2.10. The van der Waals surface area contributed by atoms with Crippen molar-refractivity contribution in [1.82, 2.24) is 5.32 Å². The Morgan fingerprint density at radius 1 is 1.10 bits per heavy atom. The van der Waals surface area contributed by atoms with Gasteiger partial charge in [-0.25, -0.2) is 0 Å². The molecule has 0 radical (unpaired) electrons. The van der Waals surface area contributed by atoms with Crippen LogP contribution in [0.25, 0.3) is 0 Å². The zero-order valence-corrected chi connectivity index (χ0v) is 13.3. The minimum absolute atomic E-state index is 0.546. The summed E-state index contributed by atoms with van der Waals surface area (Å²) in [7, 11) is 2.13. The van der Waals surface area contributed by atoms with Gasteiger partial charge in [0.05, 0.1) is 0 Å². The molecule has 1 fully saturated rings. The number of rotatable bonds is 5. The van der Waals surface area contributed by atoms with E-state index >= 15 is 0 Å². The van der Waals surface area contributed by atoms with Crippen LogP contribution in [0.1, 0.15) is 75.5 Å². The van der Waals surface area contributed by atoms with Crippen LogP contribution in [0.4, 0.5) is 0 Å². The topological polar surface area (TPSA) is 12.0 Å². The van der Waals surface area contributed by atoms with Crippen LogP contribution in [0, 0.1) is 5.92 Å². The van der Waals surface area contributed by atoms with Gasteiger partial charge < -0.3 is 5.32 Å². The minimum atomic E-state index is 0.546. The first kappa shape index (κ1) is 15.6. The molecule has 2 rings (SSSR count). The fraction of sp³-hybridized carbons (Fsp3) is 0.684. The van der Waals surface area contributed by atoms with Crippen molar-refractivity contribution in [1.29, 1.82) is 0 Å². The first-order valence-electron chi connectivity index (χ1n) is 8.61. The van der Waals surface area contributed by atoms with Gasteiger partial charge in [0.1, 0.15) is 0 Å². The summed E-state index contributed by atoms with van der Waals surface area (Å²) in [5.41, 5.74) is 3.00. The maximum Gasteiger partial charge on any atom is 0.0346 e. The summed E-state index contributed by atoms with van der Waals surface area (Å²) in [5.74, 6) is 0.817. The first-order valence-corrected chi connectivity index (χ1v) is 8.61. The molecule has 1 N–H and O–H groups in total. The molecule has 1 nitrogen and oxygen atoms in total. The maximum atomic E-state index is 3.61. The number of benzene rings is 1. The van der Waals surface area contributed by atoms with Gasteiger partial charge in [0, 0.05) is 6.04 Å². The van der Waals surface area contributed by atoms with Crippen LogP contribution in [0.15, 0.2) is 24.3 Å². The second kappa shape index (κ2) is 8.46. The van der Waals surface area contributed by atoms with Crippen molar-refractivity contribution in [2.45, 2.75) is 70.8 Å². The normalized spacial score (nSPS) is 19.3. The Kier molecular flexibility index (Phi) is 6.59. The lowest BCUT2D eigenvalue weighted by atomic mass is 9.82. The fourth-order valence-corrected chi connectivity index (χ4v) is 3.73. The molecule has 0 bridgehead atoms. The van der Waals surface area contributed by atoms with E-state index in [2.05, 4.69) is 43.6 Å². The molecule has 1 atom stereocenters. The van der Waals surface area contributed by atoms with Crippen LogP contribution in [0.3, 0.4) is 0 Å². The van der Waals surface area contributed by atoms with E-state index in [9.17, 15) is 0 Å². The van der Waals surface area contributed by atoms with E-state index in [1.54, 1.807) is 0 Å². The van der Waals surface area contributed by atoms with Gasteiger partial charge in [0.25, 0.3) is 0 Å². The predicted octanol–water partition coefficient (Wildman–Crippen LogP) is 5.26. The quantitative estimate of drug-likeness (QED) is 0.771. The molecule has 1 heteroatoms. The third kappa shape index (κ3) is 4.34. The van der Waals surface area contributed by atoms with Crippen LogP contribution in [0.5, 0.6) is 0 Å². The van der Waals surface area contributed by atoms with E-state index < -0.39 is 0 Å². The Labute approximate surface area is 125 Å². The third-order valence-corrected chi connectivity index (χ3v) is 4.78. The van der Waals surface area contributed by atoms with Crippen LogP contribution >= 0.6 is 0 Å². The molecular weight excluding hydrogens is 242 g/mol. The van der Waals surface area contributed by atoms with Crippen LogP contribution in [-0.2, 0) is 6.42 Å². The zero-order valence-electron chi connectivity index (χ0n) is 13.3. The second-order valence-corrected chi connectivity index (χ2v) is 6.37. The molecule has 112 valence electrons. The van der Waals surface area contributed by atoms with E-state index in [-0.39, 0.29) is 0 Å². The minimum Gasteiger partial charge on any atom is -0.313 e. The largest absolute Gasteiger partial charge is 0.313 e. The van der Waals surface area contributed by atoms with Crippen LogP contribution < -0.4 is 5.32 Å². The van der Waals surface area contributed by atoms with Crippen molar-refractivity contribution >= 4 is 0 Å². The molecule has 0 amide bonds. The predicted molar refractivity (Wildman–Crippen MR) is 88.0 cm³/mol. The molecule has 1 aromatic carbocycles. The van der Waals surface area contributed by atoms with Gasteiger partial charge in [-0.15, -0.1) is 0 Å². The van der Waals surface area contributed by atoms with Gasteiger partial charge >= 0.3 is 0 Å². The SMILES string of the molecule is CCCc1cccc(C(NC)C2CCCCCCC2)c1. The van der Waals surface area contributed by atoms with E-state index in [1.807, 2.05) is 0 Å². The Morgan fingerprint density at radius 2 is 1.80 bits per heavy atom. The summed E-state index contributed by atoms with van der Waals surface area (Å²) in [6, 6.07) is 9.82. The summed E-state index contributed by atoms with van der Waals surface area (Å²) < 4.78 is 0. The van der Waals surface area contributed by atoms with Crippen LogP contribution in [0.2, 0.25) is 0 Å². The van der Waals surface area contributed by atoms with Crippen LogP contribution in [-0.4, -0.2) is 7.05 Å². The van der Waals surface area contributed by atoms with E-state index in [0.29, 0.717) is 6.04 Å². The highest BCUT2D eigenvalue weighted by atomic mass is 14.9. The number of aryl methyl sites for hydroxylation is 1. The molecule has 1 aromatic rings. The van der Waals surface area contributed by atoms with Gasteiger partial charge in [0.15, 0.2) is 0 Å². The van der Waals surface area contributed by atoms with Crippen molar-refractivity contribution in [3.63, 3.8) is 0 Å². The van der Waals surface area contributed by atoms with Gasteiger partial charge in [-0.2, -0.15) is 0 Å². The molecule has 1 aliphatic carbocycles. The lowest BCUT2D eigenvalue weighted by Gasteiger charge is -2.29. The Bertz CT molecular complexity index is 377. The zero-order chi connectivity index (χ0) is 14.2. The van der Waals surface area contributed by atoms with Crippen molar-refractivity contribution < 1.29 is 0 Å². The van der Waals surface area contributed by atoms with Crippen molar-refractivity contribution in [2.24, 2.45) is 5.92 Å². The summed E-state index contributed by atoms with van der Waals surface area (Å²) in [6.07, 6.45) is 12.4. The molecule has 0 saturated heterocycles. The number of nitrogens with one attached hydrogen (secondary N) is 1. The van der Waals surface area contributed by atoms with Gasteiger partial charge in [0.2, 0.25) is 0 Å². The molecule has 0 aromatic heterocycles. The van der Waals surface area contributed by atoms with Crippen molar-refractivity contribution in [3.8, 4) is 0 Å². The first-order chi connectivity index (χ1) is 9.85. The van der Waals surface area contributed by atoms with E-state index in [0.717, 1.165) is 5.92 Å². The molecule has 0 spiro atoms. The highest BCUT2D eigenvalue weighted by molar-refractivity contribution is 5.26. The lowest BCUT2D eigenvalue weighted by molar-refractivity contribution is 0.299. The second-order valence-electron chi connectivity index (χ2n) is 6.37.